The molecule has 0 spiro atoms. The summed E-state index contributed by atoms with van der Waals surface area (Å²) in [5.41, 5.74) is 3.13. The van der Waals surface area contributed by atoms with Gasteiger partial charge in [-0.05, 0) is 44.0 Å². The number of nitrogens with zero attached hydrogens (tertiary/aromatic N) is 2. The molecule has 1 fully saturated rings. The molecule has 27 heavy (non-hydrogen) atoms. The molecule has 8 heteroatoms. The molecule has 1 aromatic carbocycles. The number of anilines is 1. The van der Waals surface area contributed by atoms with E-state index in [4.69, 9.17) is 4.74 Å². The van der Waals surface area contributed by atoms with Gasteiger partial charge in [0.2, 0.25) is 0 Å². The molecule has 3 amide bonds. The van der Waals surface area contributed by atoms with Crippen LogP contribution in [0.3, 0.4) is 0 Å². The first-order chi connectivity index (χ1) is 13.0. The minimum atomic E-state index is -0.311. The lowest BCUT2D eigenvalue weighted by Crippen LogP contribution is -2.31. The highest BCUT2D eigenvalue weighted by atomic mass is 16.5. The summed E-state index contributed by atoms with van der Waals surface area (Å²) in [6, 6.07) is 6.47. The highest BCUT2D eigenvalue weighted by Gasteiger charge is 2.16. The lowest BCUT2D eigenvalue weighted by Gasteiger charge is -2.11. The van der Waals surface area contributed by atoms with Crippen molar-refractivity contribution in [2.75, 3.05) is 18.5 Å². The normalized spacial score (nSPS) is 16.1. The highest BCUT2D eigenvalue weighted by Crippen LogP contribution is 2.12. The van der Waals surface area contributed by atoms with Crippen molar-refractivity contribution in [2.45, 2.75) is 32.4 Å². The van der Waals surface area contributed by atoms with Crippen molar-refractivity contribution in [1.29, 1.82) is 0 Å². The second-order valence-electron chi connectivity index (χ2n) is 6.61. The molecule has 0 unspecified atom stereocenters. The molecule has 0 radical (unpaired) electrons. The number of nitrogens with one attached hydrogen (secondary N) is 3. The Hall–Kier alpha value is -2.87. The van der Waals surface area contributed by atoms with E-state index in [2.05, 4.69) is 21.0 Å². The first kappa shape index (κ1) is 18.9. The van der Waals surface area contributed by atoms with Crippen LogP contribution in [-0.2, 0) is 18.3 Å². The Balaban J connectivity index is 1.45. The molecule has 3 N–H and O–H groups in total. The first-order valence-electron chi connectivity index (χ1n) is 9.05. The van der Waals surface area contributed by atoms with Crippen LogP contribution in [0, 0.1) is 6.92 Å². The molecule has 1 aromatic heterocycles. The second-order valence-corrected chi connectivity index (χ2v) is 6.61. The number of amides is 3. The number of hydrogen-bond donors (Lipinski definition) is 3. The van der Waals surface area contributed by atoms with Gasteiger partial charge in [0.15, 0.2) is 0 Å². The second kappa shape index (κ2) is 8.68. The minimum absolute atomic E-state index is 0.113. The van der Waals surface area contributed by atoms with Crippen LogP contribution in [0.2, 0.25) is 0 Å². The van der Waals surface area contributed by atoms with Crippen LogP contribution in [0.5, 0.6) is 0 Å². The van der Waals surface area contributed by atoms with Crippen LogP contribution >= 0.6 is 0 Å². The lowest BCUT2D eigenvalue weighted by molar-refractivity contribution is 0.0858. The summed E-state index contributed by atoms with van der Waals surface area (Å²) in [5.74, 6) is -0.145. The molecule has 0 saturated carbocycles. The summed E-state index contributed by atoms with van der Waals surface area (Å²) in [6.07, 6.45) is 3.88. The van der Waals surface area contributed by atoms with E-state index in [1.807, 2.05) is 14.0 Å². The molecular weight excluding hydrogens is 346 g/mol. The summed E-state index contributed by atoms with van der Waals surface area (Å²) in [7, 11) is 1.86. The van der Waals surface area contributed by atoms with Gasteiger partial charge in [-0.15, -0.1) is 0 Å². The number of ether oxygens (including phenoxy) is 1. The lowest BCUT2D eigenvalue weighted by atomic mass is 10.2. The van der Waals surface area contributed by atoms with E-state index < -0.39 is 0 Å². The molecule has 3 rings (SSSR count). The van der Waals surface area contributed by atoms with Gasteiger partial charge >= 0.3 is 6.03 Å². The van der Waals surface area contributed by atoms with E-state index in [0.717, 1.165) is 30.7 Å². The van der Waals surface area contributed by atoms with E-state index >= 15 is 0 Å². The van der Waals surface area contributed by atoms with Crippen LogP contribution in [0.1, 0.15) is 34.5 Å². The molecular formula is C19H25N5O3. The molecule has 1 atom stereocenters. The van der Waals surface area contributed by atoms with Crippen LogP contribution in [0.4, 0.5) is 10.5 Å². The maximum atomic E-state index is 12.2. The van der Waals surface area contributed by atoms with Crippen LogP contribution in [-0.4, -0.2) is 41.0 Å². The average Bonchev–Trinajstić information content (AvgIpc) is 3.30. The quantitative estimate of drug-likeness (QED) is 0.723. The summed E-state index contributed by atoms with van der Waals surface area (Å²) in [4.78, 5) is 24.2. The van der Waals surface area contributed by atoms with Gasteiger partial charge in [-0.2, -0.15) is 5.10 Å². The number of benzene rings is 1. The van der Waals surface area contributed by atoms with Gasteiger partial charge in [0.05, 0.1) is 12.3 Å². The van der Waals surface area contributed by atoms with Crippen molar-refractivity contribution in [3.8, 4) is 0 Å². The van der Waals surface area contributed by atoms with Crippen molar-refractivity contribution in [3.05, 3.63) is 47.3 Å². The monoisotopic (exact) mass is 371 g/mol. The van der Waals surface area contributed by atoms with Crippen molar-refractivity contribution in [3.63, 3.8) is 0 Å². The molecule has 8 nitrogen and oxygen atoms in total. The number of carbonyl (C=O) groups excluding carboxylic acids is 2. The van der Waals surface area contributed by atoms with E-state index in [9.17, 15) is 9.59 Å². The minimum Gasteiger partial charge on any atom is -0.376 e. The number of rotatable bonds is 6. The molecule has 2 aromatic rings. The third-order valence-electron chi connectivity index (χ3n) is 4.70. The zero-order chi connectivity index (χ0) is 19.2. The Bertz CT molecular complexity index is 794. The number of aryl methyl sites for hydroxylation is 1. The topological polar surface area (TPSA) is 97.3 Å². The molecule has 1 aliphatic heterocycles. The van der Waals surface area contributed by atoms with Gasteiger partial charge in [-0.25, -0.2) is 4.79 Å². The van der Waals surface area contributed by atoms with Gasteiger partial charge < -0.3 is 20.7 Å². The third kappa shape index (κ3) is 5.07. The SMILES string of the molecule is Cc1c(CNC(=O)Nc2ccc(C(=O)NC[C@@H]3CCCO3)cc2)cnn1C. The number of urea groups is 1. The predicted octanol–water partition coefficient (Wildman–Crippen LogP) is 1.96. The molecule has 0 aliphatic carbocycles. The van der Waals surface area contributed by atoms with E-state index in [0.29, 0.717) is 24.3 Å². The van der Waals surface area contributed by atoms with Crippen molar-refractivity contribution >= 4 is 17.6 Å². The Morgan fingerprint density at radius 3 is 2.67 bits per heavy atom. The smallest absolute Gasteiger partial charge is 0.319 e. The van der Waals surface area contributed by atoms with Crippen molar-refractivity contribution in [1.82, 2.24) is 20.4 Å². The maximum absolute atomic E-state index is 12.2. The summed E-state index contributed by atoms with van der Waals surface area (Å²) in [5, 5.41) is 12.6. The Labute approximate surface area is 158 Å². The average molecular weight is 371 g/mol. The number of aromatic nitrogens is 2. The standard InChI is InChI=1S/C19H25N5O3/c1-13-15(11-22-24(13)2)10-21-19(26)23-16-7-5-14(6-8-16)18(25)20-12-17-4-3-9-27-17/h5-8,11,17H,3-4,9-10,12H2,1-2H3,(H,20,25)(H2,21,23,26)/t17-/m0/s1. The third-order valence-corrected chi connectivity index (χ3v) is 4.70. The van der Waals surface area contributed by atoms with Crippen LogP contribution in [0.15, 0.2) is 30.5 Å². The summed E-state index contributed by atoms with van der Waals surface area (Å²) < 4.78 is 7.25. The zero-order valence-electron chi connectivity index (χ0n) is 15.6. The van der Waals surface area contributed by atoms with Gasteiger partial charge in [0.1, 0.15) is 0 Å². The van der Waals surface area contributed by atoms with Crippen molar-refractivity contribution < 1.29 is 14.3 Å². The van der Waals surface area contributed by atoms with E-state index in [-0.39, 0.29) is 18.0 Å². The highest BCUT2D eigenvalue weighted by molar-refractivity contribution is 5.95. The maximum Gasteiger partial charge on any atom is 0.319 e. The van der Waals surface area contributed by atoms with E-state index in [1.54, 1.807) is 35.1 Å². The van der Waals surface area contributed by atoms with Gasteiger partial charge in [-0.1, -0.05) is 0 Å². The van der Waals surface area contributed by atoms with Gasteiger partial charge in [0.25, 0.3) is 5.91 Å². The molecule has 1 aliphatic rings. The zero-order valence-corrected chi connectivity index (χ0v) is 15.6. The van der Waals surface area contributed by atoms with E-state index in [1.165, 1.54) is 0 Å². The molecule has 0 bridgehead atoms. The largest absolute Gasteiger partial charge is 0.376 e. The number of hydrogen-bond acceptors (Lipinski definition) is 4. The van der Waals surface area contributed by atoms with Crippen LogP contribution < -0.4 is 16.0 Å². The van der Waals surface area contributed by atoms with Gasteiger partial charge in [0, 0.05) is 49.3 Å². The van der Waals surface area contributed by atoms with Crippen molar-refractivity contribution in [2.24, 2.45) is 7.05 Å². The predicted molar refractivity (Wildman–Crippen MR) is 102 cm³/mol. The first-order valence-corrected chi connectivity index (χ1v) is 9.05. The Kier molecular flexibility index (Phi) is 6.08. The summed E-state index contributed by atoms with van der Waals surface area (Å²) >= 11 is 0. The molecule has 144 valence electrons. The fourth-order valence-electron chi connectivity index (χ4n) is 2.89. The Morgan fingerprint density at radius 2 is 2.04 bits per heavy atom. The number of carbonyl (C=O) groups is 2. The fraction of sp³-hybridized carbons (Fsp3) is 0.421. The molecule has 1 saturated heterocycles. The van der Waals surface area contributed by atoms with Crippen LogP contribution in [0.25, 0.3) is 0 Å². The summed E-state index contributed by atoms with van der Waals surface area (Å²) in [6.45, 7) is 3.64. The Morgan fingerprint density at radius 1 is 1.26 bits per heavy atom. The molecule has 2 heterocycles. The fourth-order valence-corrected chi connectivity index (χ4v) is 2.89. The van der Waals surface area contributed by atoms with Gasteiger partial charge in [-0.3, -0.25) is 9.48 Å².